The molecule has 0 aliphatic heterocycles. The third-order valence-electron chi connectivity index (χ3n) is 11.7. The molecule has 2 aromatic heterocycles. The molecule has 0 fully saturated rings. The second-order valence-corrected chi connectivity index (χ2v) is 16.0. The van der Waals surface area contributed by atoms with Gasteiger partial charge in [-0.1, -0.05) is 12.1 Å². The maximum Gasteiger partial charge on any atom is 0.416 e. The van der Waals surface area contributed by atoms with E-state index in [-0.39, 0.29) is 56.2 Å². The molecule has 0 unspecified atom stereocenters. The molecule has 0 atom stereocenters. The highest BCUT2D eigenvalue weighted by Gasteiger charge is 2.39. The lowest BCUT2D eigenvalue weighted by Crippen LogP contribution is -2.11. The van der Waals surface area contributed by atoms with Crippen molar-refractivity contribution in [2.24, 2.45) is 0 Å². The molecule has 21 heteroatoms. The molecular formula is C49H21F18N3. The molecule has 0 bridgehead atoms. The largest absolute Gasteiger partial charge is 0.416 e. The van der Waals surface area contributed by atoms with Gasteiger partial charge in [0, 0.05) is 32.7 Å². The van der Waals surface area contributed by atoms with Crippen LogP contribution in [-0.4, -0.2) is 9.13 Å². The number of aromatic nitrogens is 2. The van der Waals surface area contributed by atoms with E-state index in [2.05, 4.69) is 0 Å². The molecule has 3 nitrogen and oxygen atoms in total. The number of benzene rings is 7. The zero-order valence-electron chi connectivity index (χ0n) is 34.3. The second kappa shape index (κ2) is 15.7. The molecule has 70 heavy (non-hydrogen) atoms. The van der Waals surface area contributed by atoms with Gasteiger partial charge in [-0.05, 0) is 126 Å². The number of nitrogens with zero attached hydrogens (tertiary/aromatic N) is 3. The maximum atomic E-state index is 14.2. The molecule has 0 saturated heterocycles. The minimum Gasteiger partial charge on any atom is -0.309 e. The van der Waals surface area contributed by atoms with Crippen molar-refractivity contribution in [2.45, 2.75) is 37.1 Å². The summed E-state index contributed by atoms with van der Waals surface area (Å²) < 4.78 is 257. The Morgan fingerprint density at radius 3 is 1.00 bits per heavy atom. The van der Waals surface area contributed by atoms with Crippen LogP contribution in [0, 0.1) is 11.3 Å². The number of fused-ring (bicyclic) bond motifs is 6. The third-order valence-corrected chi connectivity index (χ3v) is 11.7. The van der Waals surface area contributed by atoms with Crippen LogP contribution in [-0.2, 0) is 37.1 Å². The van der Waals surface area contributed by atoms with Crippen molar-refractivity contribution >= 4 is 43.6 Å². The molecule has 0 radical (unpaired) electrons. The number of halogens is 18. The lowest BCUT2D eigenvalue weighted by molar-refractivity contribution is -0.143. The summed E-state index contributed by atoms with van der Waals surface area (Å²) in [7, 11) is 0. The van der Waals surface area contributed by atoms with E-state index in [1.54, 1.807) is 0 Å². The average molecular weight is 994 g/mol. The first kappa shape index (κ1) is 47.4. The highest BCUT2D eigenvalue weighted by Crippen LogP contribution is 2.47. The van der Waals surface area contributed by atoms with E-state index in [0.717, 1.165) is 63.7 Å². The van der Waals surface area contributed by atoms with Gasteiger partial charge in [-0.25, -0.2) is 0 Å². The van der Waals surface area contributed by atoms with Gasteiger partial charge in [-0.3, -0.25) is 0 Å². The topological polar surface area (TPSA) is 33.6 Å². The molecular weight excluding hydrogens is 973 g/mol. The van der Waals surface area contributed by atoms with E-state index < -0.39 is 103 Å². The van der Waals surface area contributed by atoms with Crippen LogP contribution in [0.1, 0.15) is 38.9 Å². The summed E-state index contributed by atoms with van der Waals surface area (Å²) in [5, 5.41) is 8.52. The third kappa shape index (κ3) is 8.27. The van der Waals surface area contributed by atoms with Crippen LogP contribution in [0.25, 0.3) is 77.2 Å². The fraction of sp³-hybridized carbons (Fsp3) is 0.122. The summed E-state index contributed by atoms with van der Waals surface area (Å²) >= 11 is 0. The number of hydrogen-bond acceptors (Lipinski definition) is 1. The van der Waals surface area contributed by atoms with Crippen molar-refractivity contribution in [1.82, 2.24) is 9.13 Å². The first-order valence-corrected chi connectivity index (χ1v) is 19.9. The van der Waals surface area contributed by atoms with Crippen molar-refractivity contribution in [3.63, 3.8) is 0 Å². The number of hydrogen-bond donors (Lipinski definition) is 0. The van der Waals surface area contributed by atoms with Crippen LogP contribution in [0.3, 0.4) is 0 Å². The van der Waals surface area contributed by atoms with Crippen LogP contribution >= 0.6 is 0 Å². The summed E-state index contributed by atoms with van der Waals surface area (Å²) in [4.78, 5) is 0. The van der Waals surface area contributed by atoms with Crippen molar-refractivity contribution in [3.05, 3.63) is 166 Å². The fourth-order valence-corrected chi connectivity index (χ4v) is 8.53. The smallest absolute Gasteiger partial charge is 0.309 e. The summed E-state index contributed by atoms with van der Waals surface area (Å²) in [5.74, 6) is 0. The summed E-state index contributed by atoms with van der Waals surface area (Å²) in [6.07, 6.45) is -30.8. The van der Waals surface area contributed by atoms with Crippen molar-refractivity contribution in [2.75, 3.05) is 0 Å². The Morgan fingerprint density at radius 2 is 0.657 bits per heavy atom. The Kier molecular flexibility index (Phi) is 10.6. The normalized spacial score (nSPS) is 13.3. The number of nitriles is 1. The molecule has 9 aromatic rings. The van der Waals surface area contributed by atoms with E-state index in [0.29, 0.717) is 60.7 Å². The number of rotatable bonds is 4. The molecule has 0 spiro atoms. The predicted octanol–water partition coefficient (Wildman–Crippen LogP) is 17.2. The van der Waals surface area contributed by atoms with Crippen LogP contribution in [0.5, 0.6) is 0 Å². The highest BCUT2D eigenvalue weighted by atomic mass is 19.4. The Morgan fingerprint density at radius 1 is 0.300 bits per heavy atom. The monoisotopic (exact) mass is 993 g/mol. The van der Waals surface area contributed by atoms with E-state index in [1.807, 2.05) is 6.07 Å². The van der Waals surface area contributed by atoms with Crippen LogP contribution in [0.4, 0.5) is 79.0 Å². The van der Waals surface area contributed by atoms with Gasteiger partial charge in [0.05, 0.1) is 78.5 Å². The summed E-state index contributed by atoms with van der Waals surface area (Å²) in [5.41, 5.74) is -11.7. The quantitative estimate of drug-likeness (QED) is 0.162. The van der Waals surface area contributed by atoms with Crippen molar-refractivity contribution in [3.8, 4) is 39.7 Å². The van der Waals surface area contributed by atoms with Gasteiger partial charge in [0.2, 0.25) is 0 Å². The standard InChI is InChI=1S/C49H21F18N3/c50-44(51,52)26-3-9-39-34(18-26)35-19-27(45(53,54)55)4-10-40(35)69(39)38-8-2-24(25-14-30(48(62,63)64)17-31(15-25)49(65,66)67)16-33(38)32-7-1-23(22-68)13-43(32)70-41-11-5-28(46(56,57)58)20-36(41)37-21-29(47(59,60)61)6-12-42(37)70/h1-21H. The first-order chi connectivity index (χ1) is 32.4. The van der Waals surface area contributed by atoms with Gasteiger partial charge in [0.15, 0.2) is 0 Å². The van der Waals surface area contributed by atoms with Gasteiger partial charge >= 0.3 is 37.1 Å². The van der Waals surface area contributed by atoms with Crippen LogP contribution in [0.15, 0.2) is 127 Å². The minimum absolute atomic E-state index is 0.142. The van der Waals surface area contributed by atoms with E-state index in [4.69, 9.17) is 0 Å². The molecule has 0 N–H and O–H groups in total. The van der Waals surface area contributed by atoms with Gasteiger partial charge in [0.1, 0.15) is 0 Å². The summed E-state index contributed by atoms with van der Waals surface area (Å²) in [6.45, 7) is 0. The molecule has 0 aliphatic carbocycles. The van der Waals surface area contributed by atoms with E-state index >= 15 is 0 Å². The van der Waals surface area contributed by atoms with Crippen LogP contribution < -0.4 is 0 Å². The van der Waals surface area contributed by atoms with E-state index in [1.165, 1.54) is 6.07 Å². The molecule has 358 valence electrons. The van der Waals surface area contributed by atoms with Gasteiger partial charge in [0.25, 0.3) is 0 Å². The molecule has 0 aliphatic rings. The fourth-order valence-electron chi connectivity index (χ4n) is 8.53. The first-order valence-electron chi connectivity index (χ1n) is 19.9. The predicted molar refractivity (Wildman–Crippen MR) is 221 cm³/mol. The Hall–Kier alpha value is -7.63. The average Bonchev–Trinajstić information content (AvgIpc) is 3.78. The summed E-state index contributed by atoms with van der Waals surface area (Å²) in [6, 6.07) is 17.5. The lowest BCUT2D eigenvalue weighted by Gasteiger charge is -2.21. The molecule has 2 heterocycles. The van der Waals surface area contributed by atoms with Crippen LogP contribution in [0.2, 0.25) is 0 Å². The zero-order chi connectivity index (χ0) is 50.8. The molecule has 9 rings (SSSR count). The Balaban J connectivity index is 1.45. The SMILES string of the molecule is N#Cc1ccc(-c2cc(-c3cc(C(F)(F)F)cc(C(F)(F)F)c3)ccc2-n2c3ccc(C(F)(F)F)cc3c3cc(C(F)(F)F)ccc32)c(-n2c3ccc(C(F)(F)F)cc3c3cc(C(F)(F)F)ccc32)c1. The van der Waals surface area contributed by atoms with Gasteiger partial charge in [-0.2, -0.15) is 84.3 Å². The second-order valence-electron chi connectivity index (χ2n) is 16.0. The van der Waals surface area contributed by atoms with Crippen molar-refractivity contribution in [1.29, 1.82) is 5.26 Å². The zero-order valence-corrected chi connectivity index (χ0v) is 34.3. The number of alkyl halides is 18. The van der Waals surface area contributed by atoms with Gasteiger partial charge < -0.3 is 9.13 Å². The lowest BCUT2D eigenvalue weighted by atomic mass is 9.93. The highest BCUT2D eigenvalue weighted by molar-refractivity contribution is 6.12. The minimum atomic E-state index is -5.35. The molecule has 7 aromatic carbocycles. The Bertz CT molecular complexity index is 3470. The molecule has 0 saturated carbocycles. The molecule has 0 amide bonds. The Labute approximate surface area is 379 Å². The van der Waals surface area contributed by atoms with E-state index in [9.17, 15) is 84.3 Å². The van der Waals surface area contributed by atoms with Crippen molar-refractivity contribution < 1.29 is 79.0 Å². The van der Waals surface area contributed by atoms with Gasteiger partial charge in [-0.15, -0.1) is 0 Å². The maximum absolute atomic E-state index is 14.2.